The molecule has 0 N–H and O–H groups in total. The molecule has 1 saturated heterocycles. The van der Waals surface area contributed by atoms with Crippen molar-refractivity contribution in [3.63, 3.8) is 0 Å². The summed E-state index contributed by atoms with van der Waals surface area (Å²) in [4.78, 5) is 13.8. The molecule has 2 nitrogen and oxygen atoms in total. The van der Waals surface area contributed by atoms with E-state index in [9.17, 15) is 4.79 Å². The molecule has 1 amide bonds. The van der Waals surface area contributed by atoms with Crippen LogP contribution in [0, 0.1) is 0 Å². The number of benzene rings is 1. The highest BCUT2D eigenvalue weighted by atomic mass is 79.9. The van der Waals surface area contributed by atoms with Gasteiger partial charge < -0.3 is 4.90 Å². The molecule has 1 aromatic rings. The monoisotopic (exact) mass is 301 g/mol. The van der Waals surface area contributed by atoms with Crippen molar-refractivity contribution in [1.82, 2.24) is 4.90 Å². The zero-order valence-electron chi connectivity index (χ0n) is 8.83. The van der Waals surface area contributed by atoms with Gasteiger partial charge in [0.25, 0.3) is 0 Å². The van der Waals surface area contributed by atoms with Crippen LogP contribution in [-0.2, 0) is 11.2 Å². The van der Waals surface area contributed by atoms with Crippen LogP contribution in [0.5, 0.6) is 0 Å². The summed E-state index contributed by atoms with van der Waals surface area (Å²) < 4.78 is 0. The lowest BCUT2D eigenvalue weighted by Crippen LogP contribution is -2.27. The van der Waals surface area contributed by atoms with Crippen LogP contribution in [0.15, 0.2) is 24.3 Å². The third-order valence-electron chi connectivity index (χ3n) is 2.78. The number of amides is 1. The molecule has 1 fully saturated rings. The van der Waals surface area contributed by atoms with Gasteiger partial charge >= 0.3 is 0 Å². The molecule has 0 radical (unpaired) electrons. The van der Waals surface area contributed by atoms with Crippen LogP contribution in [0.4, 0.5) is 0 Å². The molecule has 1 unspecified atom stereocenters. The standard InChI is InChI=1S/C12H13BrClNO/c13-10-7-12(16)15(8-10)6-5-9-3-1-2-4-11(9)14/h1-4,10H,5-8H2. The van der Waals surface area contributed by atoms with Gasteiger partial charge in [0.2, 0.25) is 5.91 Å². The molecule has 1 aliphatic rings. The summed E-state index contributed by atoms with van der Waals surface area (Å²) in [5.41, 5.74) is 1.11. The maximum Gasteiger partial charge on any atom is 0.223 e. The molecule has 0 saturated carbocycles. The predicted molar refractivity (Wildman–Crippen MR) is 69.1 cm³/mol. The van der Waals surface area contributed by atoms with Crippen LogP contribution in [0.2, 0.25) is 5.02 Å². The lowest BCUT2D eigenvalue weighted by molar-refractivity contribution is -0.127. The van der Waals surface area contributed by atoms with Crippen LogP contribution in [0.3, 0.4) is 0 Å². The maximum atomic E-state index is 11.6. The van der Waals surface area contributed by atoms with Crippen LogP contribution < -0.4 is 0 Å². The Hall–Kier alpha value is -0.540. The first-order chi connectivity index (χ1) is 7.66. The van der Waals surface area contributed by atoms with Gasteiger partial charge in [0.1, 0.15) is 0 Å². The summed E-state index contributed by atoms with van der Waals surface area (Å²) in [6.07, 6.45) is 1.44. The molecular formula is C12H13BrClNO. The largest absolute Gasteiger partial charge is 0.341 e. The van der Waals surface area contributed by atoms with Crippen molar-refractivity contribution >= 4 is 33.4 Å². The molecule has 1 aromatic carbocycles. The van der Waals surface area contributed by atoms with Crippen molar-refractivity contribution in [2.45, 2.75) is 17.7 Å². The average Bonchev–Trinajstić information content (AvgIpc) is 2.56. The highest BCUT2D eigenvalue weighted by Gasteiger charge is 2.27. The van der Waals surface area contributed by atoms with E-state index in [1.54, 1.807) is 0 Å². The summed E-state index contributed by atoms with van der Waals surface area (Å²) in [6.45, 7) is 1.56. The molecule has 2 rings (SSSR count). The van der Waals surface area contributed by atoms with E-state index in [1.165, 1.54) is 0 Å². The quantitative estimate of drug-likeness (QED) is 0.786. The van der Waals surface area contributed by atoms with Gasteiger partial charge in [-0.25, -0.2) is 0 Å². The molecule has 4 heteroatoms. The lowest BCUT2D eigenvalue weighted by atomic mass is 10.1. The topological polar surface area (TPSA) is 20.3 Å². The molecule has 0 bridgehead atoms. The first kappa shape index (κ1) is 11.9. The number of rotatable bonds is 3. The minimum Gasteiger partial charge on any atom is -0.341 e. The molecule has 0 aromatic heterocycles. The molecule has 1 atom stereocenters. The number of hydrogen-bond acceptors (Lipinski definition) is 1. The third kappa shape index (κ3) is 2.77. The highest BCUT2D eigenvalue weighted by molar-refractivity contribution is 9.09. The second kappa shape index (κ2) is 5.19. The SMILES string of the molecule is O=C1CC(Br)CN1CCc1ccccc1Cl. The first-order valence-corrected chi connectivity index (χ1v) is 6.61. The zero-order chi connectivity index (χ0) is 11.5. The van der Waals surface area contributed by atoms with Crippen molar-refractivity contribution in [1.29, 1.82) is 0 Å². The van der Waals surface area contributed by atoms with E-state index in [0.717, 1.165) is 30.1 Å². The Morgan fingerprint density at radius 1 is 1.44 bits per heavy atom. The summed E-state index contributed by atoms with van der Waals surface area (Å²) in [5, 5.41) is 0.782. The molecule has 0 aliphatic carbocycles. The number of likely N-dealkylation sites (tertiary alicyclic amines) is 1. The fourth-order valence-electron chi connectivity index (χ4n) is 1.90. The lowest BCUT2D eigenvalue weighted by Gasteiger charge is -2.15. The molecule has 0 spiro atoms. The highest BCUT2D eigenvalue weighted by Crippen LogP contribution is 2.20. The van der Waals surface area contributed by atoms with E-state index in [0.29, 0.717) is 11.2 Å². The Balaban J connectivity index is 1.93. The van der Waals surface area contributed by atoms with Crippen LogP contribution >= 0.6 is 27.5 Å². The van der Waals surface area contributed by atoms with E-state index in [4.69, 9.17) is 11.6 Å². The number of nitrogens with zero attached hydrogens (tertiary/aromatic N) is 1. The predicted octanol–water partition coefficient (Wildman–Crippen LogP) is 2.88. The van der Waals surface area contributed by atoms with Crippen molar-refractivity contribution in [3.8, 4) is 0 Å². The number of carbonyl (C=O) groups excluding carboxylic acids is 1. The summed E-state index contributed by atoms with van der Waals surface area (Å²) >= 11 is 9.53. The second-order valence-corrected chi connectivity index (χ2v) is 5.68. The van der Waals surface area contributed by atoms with Crippen molar-refractivity contribution in [2.75, 3.05) is 13.1 Å². The van der Waals surface area contributed by atoms with Crippen LogP contribution in [0.1, 0.15) is 12.0 Å². The molecule has 1 heterocycles. The minimum atomic E-state index is 0.230. The fourth-order valence-corrected chi connectivity index (χ4v) is 2.75. The van der Waals surface area contributed by atoms with Gasteiger partial charge in [-0.05, 0) is 18.1 Å². The van der Waals surface area contributed by atoms with Gasteiger partial charge in [-0.1, -0.05) is 45.7 Å². The summed E-state index contributed by atoms with van der Waals surface area (Å²) in [5.74, 6) is 0.230. The second-order valence-electron chi connectivity index (χ2n) is 3.98. The molecule has 16 heavy (non-hydrogen) atoms. The Labute approximate surface area is 109 Å². The summed E-state index contributed by atoms with van der Waals surface area (Å²) in [7, 11) is 0. The van der Waals surface area contributed by atoms with Crippen molar-refractivity contribution < 1.29 is 4.79 Å². The van der Waals surface area contributed by atoms with Gasteiger partial charge in [0.05, 0.1) is 0 Å². The number of hydrogen-bond donors (Lipinski definition) is 0. The number of carbonyl (C=O) groups is 1. The van der Waals surface area contributed by atoms with E-state index >= 15 is 0 Å². The average molecular weight is 303 g/mol. The normalized spacial score (nSPS) is 20.5. The van der Waals surface area contributed by atoms with E-state index in [-0.39, 0.29) is 5.91 Å². The van der Waals surface area contributed by atoms with Crippen LogP contribution in [0.25, 0.3) is 0 Å². The number of halogens is 2. The van der Waals surface area contributed by atoms with Gasteiger partial charge in [-0.15, -0.1) is 0 Å². The van der Waals surface area contributed by atoms with Gasteiger partial charge in [-0.3, -0.25) is 4.79 Å². The number of alkyl halides is 1. The van der Waals surface area contributed by atoms with E-state index < -0.39 is 0 Å². The van der Waals surface area contributed by atoms with Gasteiger partial charge in [-0.2, -0.15) is 0 Å². The Morgan fingerprint density at radius 2 is 2.19 bits per heavy atom. The van der Waals surface area contributed by atoms with Crippen molar-refractivity contribution in [3.05, 3.63) is 34.9 Å². The molecule has 1 aliphatic heterocycles. The van der Waals surface area contributed by atoms with Gasteiger partial charge in [0, 0.05) is 29.4 Å². The minimum absolute atomic E-state index is 0.230. The van der Waals surface area contributed by atoms with Crippen molar-refractivity contribution in [2.24, 2.45) is 0 Å². The molecule has 86 valence electrons. The maximum absolute atomic E-state index is 11.6. The Bertz CT molecular complexity index is 396. The summed E-state index contributed by atoms with van der Waals surface area (Å²) in [6, 6.07) is 7.78. The fraction of sp³-hybridized carbons (Fsp3) is 0.417. The van der Waals surface area contributed by atoms with E-state index in [2.05, 4.69) is 15.9 Å². The molecular weight excluding hydrogens is 289 g/mol. The smallest absolute Gasteiger partial charge is 0.223 e. The first-order valence-electron chi connectivity index (χ1n) is 5.32. The van der Waals surface area contributed by atoms with Gasteiger partial charge in [0.15, 0.2) is 0 Å². The third-order valence-corrected chi connectivity index (χ3v) is 3.76. The Kier molecular flexibility index (Phi) is 3.87. The van der Waals surface area contributed by atoms with Crippen LogP contribution in [-0.4, -0.2) is 28.7 Å². The van der Waals surface area contributed by atoms with E-state index in [1.807, 2.05) is 29.2 Å². The Morgan fingerprint density at radius 3 is 2.81 bits per heavy atom. The zero-order valence-corrected chi connectivity index (χ0v) is 11.2.